The molecule has 0 aliphatic heterocycles. The molecule has 0 spiro atoms. The Morgan fingerprint density at radius 2 is 1.75 bits per heavy atom. The molecule has 0 bridgehead atoms. The summed E-state index contributed by atoms with van der Waals surface area (Å²) < 4.78 is 0. The van der Waals surface area contributed by atoms with Crippen molar-refractivity contribution in [1.29, 1.82) is 0 Å². The van der Waals surface area contributed by atoms with Crippen molar-refractivity contribution >= 4 is 28.5 Å². The summed E-state index contributed by atoms with van der Waals surface area (Å²) in [6.45, 7) is 17.5. The fraction of sp³-hybridized carbons (Fsp3) is 0.694. The molecule has 7 rings (SSSR count). The molecule has 5 aliphatic rings. The first-order valence-electron chi connectivity index (χ1n) is 16.0. The van der Waals surface area contributed by atoms with Gasteiger partial charge in [0.25, 0.3) is 0 Å². The van der Waals surface area contributed by atoms with Crippen molar-refractivity contribution in [2.24, 2.45) is 51.2 Å². The molecule has 2 N–H and O–H groups in total. The van der Waals surface area contributed by atoms with Gasteiger partial charge in [0.15, 0.2) is 0 Å². The molecule has 3 saturated carbocycles. The molecule has 216 valence electrons. The Hall–Kier alpha value is -1.74. The summed E-state index contributed by atoms with van der Waals surface area (Å²) in [5.41, 5.74) is 5.48. The van der Waals surface area contributed by atoms with Gasteiger partial charge in [-0.15, -0.1) is 0 Å². The fourth-order valence-corrected chi connectivity index (χ4v) is 12.3. The standard InChI is InChI=1S/C36H48ClNO2/c1-20-12-15-36(31(39)40)17-16-34(6)25(29(36)21(20)2)9-11-28-33(5)19-24-23-18-22(37)8-10-26(23)38-30(24)32(3,4)27(33)13-14-35(28,34)7/h8-10,18,20-21,27-29,38H,11-17,19H2,1-7H3,(H,39,40)/t20-,21+,27?,28?,29?,33+,34-,35-,36+/m1/s1. The van der Waals surface area contributed by atoms with E-state index in [2.05, 4.69) is 71.7 Å². The number of hydrogen-bond donors (Lipinski definition) is 2. The molecule has 1 aromatic carbocycles. The van der Waals surface area contributed by atoms with Crippen molar-refractivity contribution in [2.45, 2.75) is 105 Å². The van der Waals surface area contributed by atoms with E-state index in [4.69, 9.17) is 11.6 Å². The lowest BCUT2D eigenvalue weighted by Crippen LogP contribution is -2.65. The van der Waals surface area contributed by atoms with Gasteiger partial charge < -0.3 is 10.1 Å². The van der Waals surface area contributed by atoms with Crippen molar-refractivity contribution in [3.63, 3.8) is 0 Å². The van der Waals surface area contributed by atoms with Gasteiger partial charge in [-0.3, -0.25) is 4.79 Å². The zero-order chi connectivity index (χ0) is 28.6. The third-order valence-corrected chi connectivity index (χ3v) is 14.9. The average Bonchev–Trinajstić information content (AvgIpc) is 3.24. The highest BCUT2D eigenvalue weighted by Gasteiger charge is 2.69. The zero-order valence-corrected chi connectivity index (χ0v) is 26.3. The minimum absolute atomic E-state index is 0.0484. The average molecular weight is 562 g/mol. The van der Waals surface area contributed by atoms with Gasteiger partial charge in [0.2, 0.25) is 0 Å². The van der Waals surface area contributed by atoms with Crippen LogP contribution in [0.3, 0.4) is 0 Å². The first kappa shape index (κ1) is 27.1. The molecule has 40 heavy (non-hydrogen) atoms. The number of hydrogen-bond acceptors (Lipinski definition) is 1. The van der Waals surface area contributed by atoms with Gasteiger partial charge in [-0.25, -0.2) is 0 Å². The van der Waals surface area contributed by atoms with Crippen LogP contribution in [-0.2, 0) is 16.6 Å². The summed E-state index contributed by atoms with van der Waals surface area (Å²) in [5.74, 6) is 1.78. The number of carboxylic acids is 1. The van der Waals surface area contributed by atoms with Crippen molar-refractivity contribution in [3.8, 4) is 0 Å². The number of nitrogens with one attached hydrogen (secondary N) is 1. The quantitative estimate of drug-likeness (QED) is 0.340. The lowest BCUT2D eigenvalue weighted by atomic mass is 9.33. The van der Waals surface area contributed by atoms with Gasteiger partial charge in [0.1, 0.15) is 0 Å². The van der Waals surface area contributed by atoms with Gasteiger partial charge in [-0.1, -0.05) is 71.7 Å². The molecule has 2 aromatic rings. The summed E-state index contributed by atoms with van der Waals surface area (Å²) >= 11 is 6.54. The van der Waals surface area contributed by atoms with E-state index in [1.165, 1.54) is 40.6 Å². The Morgan fingerprint density at radius 1 is 1.00 bits per heavy atom. The normalized spacial score (nSPS) is 45.4. The largest absolute Gasteiger partial charge is 0.481 e. The number of aliphatic carboxylic acids is 1. The Bertz CT molecular complexity index is 1450. The number of halogens is 1. The van der Waals surface area contributed by atoms with Gasteiger partial charge in [-0.05, 0) is 121 Å². The van der Waals surface area contributed by atoms with E-state index in [9.17, 15) is 9.90 Å². The van der Waals surface area contributed by atoms with Crippen LogP contribution < -0.4 is 0 Å². The predicted molar refractivity (Wildman–Crippen MR) is 164 cm³/mol. The molecule has 3 nitrogen and oxygen atoms in total. The highest BCUT2D eigenvalue weighted by molar-refractivity contribution is 6.31. The van der Waals surface area contributed by atoms with Crippen LogP contribution in [0.1, 0.15) is 105 Å². The third-order valence-electron chi connectivity index (χ3n) is 14.6. The van der Waals surface area contributed by atoms with E-state index in [0.717, 1.165) is 43.5 Å². The number of aromatic amines is 1. The maximum atomic E-state index is 13.0. The second-order valence-corrected chi connectivity index (χ2v) is 16.6. The molecule has 1 heterocycles. The second-order valence-electron chi connectivity index (χ2n) is 16.2. The number of aromatic nitrogens is 1. The van der Waals surface area contributed by atoms with E-state index in [1.807, 2.05) is 6.07 Å². The number of carboxylic acid groups (broad SMARTS) is 1. The Balaban J connectivity index is 1.37. The van der Waals surface area contributed by atoms with Crippen LogP contribution in [0.5, 0.6) is 0 Å². The van der Waals surface area contributed by atoms with Gasteiger partial charge in [-0.2, -0.15) is 0 Å². The SMILES string of the molecule is C[C@@H]1CC[C@]2(C(=O)O)CC[C@]3(C)C(=CCC4[C@@]5(C)Cc6c([nH]c7ccc(Cl)cc67)C(C)(C)C5CC[C@]43C)C2[C@H]1C. The topological polar surface area (TPSA) is 53.1 Å². The molecule has 3 unspecified atom stereocenters. The molecular weight excluding hydrogens is 514 g/mol. The lowest BCUT2D eigenvalue weighted by Gasteiger charge is -2.70. The highest BCUT2D eigenvalue weighted by atomic mass is 35.5. The van der Waals surface area contributed by atoms with E-state index < -0.39 is 11.4 Å². The molecular formula is C36H48ClNO2. The second kappa shape index (κ2) is 8.21. The molecule has 5 aliphatic carbocycles. The number of H-pyrrole nitrogens is 1. The van der Waals surface area contributed by atoms with Gasteiger partial charge >= 0.3 is 5.97 Å². The smallest absolute Gasteiger partial charge is 0.310 e. The van der Waals surface area contributed by atoms with Crippen LogP contribution >= 0.6 is 11.6 Å². The number of benzene rings is 1. The molecule has 3 fully saturated rings. The zero-order valence-electron chi connectivity index (χ0n) is 25.6. The summed E-state index contributed by atoms with van der Waals surface area (Å²) in [5, 5.41) is 12.8. The summed E-state index contributed by atoms with van der Waals surface area (Å²) in [6, 6.07) is 6.33. The van der Waals surface area contributed by atoms with E-state index in [-0.39, 0.29) is 27.6 Å². The van der Waals surface area contributed by atoms with Crippen molar-refractivity contribution in [3.05, 3.63) is 46.1 Å². The summed E-state index contributed by atoms with van der Waals surface area (Å²) in [6.07, 6.45) is 11.0. The van der Waals surface area contributed by atoms with Crippen molar-refractivity contribution in [2.75, 3.05) is 0 Å². The van der Waals surface area contributed by atoms with E-state index >= 15 is 0 Å². The first-order chi connectivity index (χ1) is 18.7. The van der Waals surface area contributed by atoms with Crippen LogP contribution in [0.15, 0.2) is 29.8 Å². The minimum Gasteiger partial charge on any atom is -0.481 e. The van der Waals surface area contributed by atoms with Crippen molar-refractivity contribution < 1.29 is 9.90 Å². The first-order valence-corrected chi connectivity index (χ1v) is 16.3. The lowest BCUT2D eigenvalue weighted by molar-refractivity contribution is -0.179. The number of fused-ring (bicyclic) bond motifs is 10. The maximum absolute atomic E-state index is 13.0. The molecule has 4 heteroatoms. The highest BCUT2D eigenvalue weighted by Crippen LogP contribution is 2.75. The number of carbonyl (C=O) groups is 1. The Kier molecular flexibility index (Phi) is 5.56. The van der Waals surface area contributed by atoms with E-state index in [1.54, 1.807) is 0 Å². The Morgan fingerprint density at radius 3 is 2.48 bits per heavy atom. The summed E-state index contributed by atoms with van der Waals surface area (Å²) in [7, 11) is 0. The molecule has 0 saturated heterocycles. The van der Waals surface area contributed by atoms with Crippen LogP contribution in [0.2, 0.25) is 5.02 Å². The third kappa shape index (κ3) is 3.07. The van der Waals surface area contributed by atoms with Crippen LogP contribution in [0.4, 0.5) is 0 Å². The van der Waals surface area contributed by atoms with Gasteiger partial charge in [0, 0.05) is 27.0 Å². The minimum atomic E-state index is -0.577. The molecule has 9 atom stereocenters. The molecule has 0 radical (unpaired) electrons. The molecule has 1 aromatic heterocycles. The molecule has 0 amide bonds. The van der Waals surface area contributed by atoms with Crippen LogP contribution in [-0.4, -0.2) is 16.1 Å². The number of allylic oxidation sites excluding steroid dienone is 2. The van der Waals surface area contributed by atoms with Crippen molar-refractivity contribution in [1.82, 2.24) is 4.98 Å². The fourth-order valence-electron chi connectivity index (χ4n) is 12.2. The summed E-state index contributed by atoms with van der Waals surface area (Å²) in [4.78, 5) is 16.8. The van der Waals surface area contributed by atoms with Crippen LogP contribution in [0, 0.1) is 51.2 Å². The maximum Gasteiger partial charge on any atom is 0.310 e. The monoisotopic (exact) mass is 561 g/mol. The predicted octanol–water partition coefficient (Wildman–Crippen LogP) is 9.58. The van der Waals surface area contributed by atoms with E-state index in [0.29, 0.717) is 23.7 Å². The van der Waals surface area contributed by atoms with Crippen LogP contribution in [0.25, 0.3) is 10.9 Å². The number of rotatable bonds is 1. The Labute approximate surface area is 245 Å². The van der Waals surface area contributed by atoms with Gasteiger partial charge in [0.05, 0.1) is 5.41 Å².